The number of aryl methyl sites for hydroxylation is 1. The number of fused-ring (bicyclic) bond motifs is 1. The summed E-state index contributed by atoms with van der Waals surface area (Å²) in [5.74, 6) is 1.81. The molecule has 164 valence electrons. The number of nitrogens with one attached hydrogen (secondary N) is 2. The molecule has 32 heavy (non-hydrogen) atoms. The number of carbonyl (C=O) groups excluding carboxylic acids is 1. The molecule has 0 atom stereocenters. The summed E-state index contributed by atoms with van der Waals surface area (Å²) in [6, 6.07) is 8.69. The van der Waals surface area contributed by atoms with E-state index in [1.165, 1.54) is 0 Å². The molecule has 0 spiro atoms. The number of para-hydroxylation sites is 1. The molecule has 4 heterocycles. The van der Waals surface area contributed by atoms with Gasteiger partial charge in [-0.05, 0) is 54.3 Å². The SMILES string of the molecule is Cc1ccc(CNc2nc3nonc3nc2Nc2cccc(C(=O)N3CCCC3)c2O)o1. The van der Waals surface area contributed by atoms with Gasteiger partial charge in [-0.25, -0.2) is 14.6 Å². The van der Waals surface area contributed by atoms with E-state index in [-0.39, 0.29) is 34.3 Å². The van der Waals surface area contributed by atoms with Gasteiger partial charge in [0.2, 0.25) is 11.3 Å². The topological polar surface area (TPSA) is 142 Å². The van der Waals surface area contributed by atoms with Crippen molar-refractivity contribution < 1.29 is 18.9 Å². The molecule has 1 aromatic carbocycles. The van der Waals surface area contributed by atoms with Gasteiger partial charge in [-0.1, -0.05) is 6.07 Å². The van der Waals surface area contributed by atoms with E-state index in [1.807, 2.05) is 19.1 Å². The number of hydrogen-bond acceptors (Lipinski definition) is 10. The zero-order valence-corrected chi connectivity index (χ0v) is 17.3. The van der Waals surface area contributed by atoms with Crippen molar-refractivity contribution in [3.63, 3.8) is 0 Å². The van der Waals surface area contributed by atoms with Crippen LogP contribution in [0.5, 0.6) is 5.75 Å². The maximum absolute atomic E-state index is 12.8. The first kappa shape index (κ1) is 19.8. The number of carbonyl (C=O) groups is 1. The third-order valence-electron chi connectivity index (χ3n) is 5.25. The summed E-state index contributed by atoms with van der Waals surface area (Å²) in [7, 11) is 0. The molecule has 0 unspecified atom stereocenters. The van der Waals surface area contributed by atoms with Crippen LogP contribution < -0.4 is 10.6 Å². The van der Waals surface area contributed by atoms with Crippen LogP contribution in [0.3, 0.4) is 0 Å². The highest BCUT2D eigenvalue weighted by Gasteiger charge is 2.24. The van der Waals surface area contributed by atoms with E-state index in [1.54, 1.807) is 23.1 Å². The minimum Gasteiger partial charge on any atom is -0.505 e. The van der Waals surface area contributed by atoms with Crippen LogP contribution in [-0.4, -0.2) is 49.3 Å². The lowest BCUT2D eigenvalue weighted by Crippen LogP contribution is -2.27. The fourth-order valence-corrected chi connectivity index (χ4v) is 3.63. The summed E-state index contributed by atoms with van der Waals surface area (Å²) < 4.78 is 10.3. The minimum absolute atomic E-state index is 0.155. The minimum atomic E-state index is -0.197. The van der Waals surface area contributed by atoms with Crippen LogP contribution in [-0.2, 0) is 6.54 Å². The van der Waals surface area contributed by atoms with Gasteiger partial charge in [0.15, 0.2) is 17.4 Å². The van der Waals surface area contributed by atoms with Gasteiger partial charge in [-0.3, -0.25) is 4.79 Å². The number of phenolic OH excluding ortho intramolecular Hbond substituents is 1. The molecule has 1 aliphatic heterocycles. The highest BCUT2D eigenvalue weighted by Crippen LogP contribution is 2.33. The molecule has 11 nitrogen and oxygen atoms in total. The fraction of sp³-hybridized carbons (Fsp3) is 0.286. The number of amides is 1. The van der Waals surface area contributed by atoms with Crippen molar-refractivity contribution in [1.82, 2.24) is 25.2 Å². The number of phenols is 1. The Morgan fingerprint density at radius 1 is 1.09 bits per heavy atom. The third-order valence-corrected chi connectivity index (χ3v) is 5.25. The maximum atomic E-state index is 12.8. The Hall–Kier alpha value is -4.15. The molecule has 1 fully saturated rings. The van der Waals surface area contributed by atoms with Crippen LogP contribution in [0, 0.1) is 6.92 Å². The van der Waals surface area contributed by atoms with Crippen molar-refractivity contribution in [3.05, 3.63) is 47.4 Å². The van der Waals surface area contributed by atoms with Crippen LogP contribution in [0.15, 0.2) is 39.4 Å². The average Bonchev–Trinajstić information content (AvgIpc) is 3.55. The summed E-state index contributed by atoms with van der Waals surface area (Å²) >= 11 is 0. The third kappa shape index (κ3) is 3.80. The van der Waals surface area contributed by atoms with Crippen molar-refractivity contribution in [2.75, 3.05) is 23.7 Å². The first-order chi connectivity index (χ1) is 15.6. The normalized spacial score (nSPS) is 13.6. The monoisotopic (exact) mass is 435 g/mol. The van der Waals surface area contributed by atoms with Crippen LogP contribution >= 0.6 is 0 Å². The van der Waals surface area contributed by atoms with E-state index in [9.17, 15) is 9.90 Å². The summed E-state index contributed by atoms with van der Waals surface area (Å²) in [5.41, 5.74) is 0.984. The van der Waals surface area contributed by atoms with Gasteiger partial charge in [0.25, 0.3) is 5.91 Å². The zero-order chi connectivity index (χ0) is 22.1. The highest BCUT2D eigenvalue weighted by atomic mass is 16.6. The van der Waals surface area contributed by atoms with Gasteiger partial charge in [-0.15, -0.1) is 0 Å². The number of nitrogens with zero attached hydrogens (tertiary/aromatic N) is 5. The summed E-state index contributed by atoms with van der Waals surface area (Å²) in [4.78, 5) is 23.3. The van der Waals surface area contributed by atoms with Crippen LogP contribution in [0.4, 0.5) is 17.3 Å². The number of rotatable bonds is 6. The van der Waals surface area contributed by atoms with Crippen LogP contribution in [0.1, 0.15) is 34.7 Å². The quantitative estimate of drug-likeness (QED) is 0.386. The standard InChI is InChI=1S/C21H21N7O4/c1-12-7-8-13(31-12)11-22-17-18(25-20-19(24-17)26-32-27-20)23-15-6-4-5-14(16(15)29)21(30)28-9-2-3-10-28/h4-8,29H,2-3,9-11H2,1H3,(H,22,24,26)(H,23,25,27). The molecule has 1 aliphatic rings. The second-order valence-electron chi connectivity index (χ2n) is 7.52. The molecular weight excluding hydrogens is 414 g/mol. The fourth-order valence-electron chi connectivity index (χ4n) is 3.63. The largest absolute Gasteiger partial charge is 0.505 e. The molecule has 1 saturated heterocycles. The Kier molecular flexibility index (Phi) is 5.06. The number of anilines is 3. The molecule has 1 amide bonds. The lowest BCUT2D eigenvalue weighted by molar-refractivity contribution is 0.0790. The molecule has 0 aliphatic carbocycles. The van der Waals surface area contributed by atoms with Crippen LogP contribution in [0.2, 0.25) is 0 Å². The number of hydrogen-bond donors (Lipinski definition) is 3. The van der Waals surface area contributed by atoms with Gasteiger partial charge in [0.1, 0.15) is 11.5 Å². The zero-order valence-electron chi connectivity index (χ0n) is 17.3. The van der Waals surface area contributed by atoms with Crippen molar-refractivity contribution in [2.24, 2.45) is 0 Å². The molecule has 3 aromatic heterocycles. The average molecular weight is 435 g/mol. The number of aromatic nitrogens is 4. The molecule has 0 bridgehead atoms. The van der Waals surface area contributed by atoms with Crippen molar-refractivity contribution >= 4 is 34.5 Å². The number of likely N-dealkylation sites (tertiary alicyclic amines) is 1. The Morgan fingerprint density at radius 2 is 1.84 bits per heavy atom. The Labute approximate surface area is 182 Å². The second kappa shape index (κ2) is 8.17. The van der Waals surface area contributed by atoms with E-state index >= 15 is 0 Å². The predicted molar refractivity (Wildman–Crippen MR) is 115 cm³/mol. The summed E-state index contributed by atoms with van der Waals surface area (Å²) in [5, 5.41) is 24.5. The summed E-state index contributed by atoms with van der Waals surface area (Å²) in [6.45, 7) is 3.60. The number of benzene rings is 1. The Bertz CT molecular complexity index is 1280. The Morgan fingerprint density at radius 3 is 2.56 bits per heavy atom. The van der Waals surface area contributed by atoms with E-state index in [4.69, 9.17) is 9.05 Å². The molecular formula is C21H21N7O4. The second-order valence-corrected chi connectivity index (χ2v) is 7.52. The summed E-state index contributed by atoms with van der Waals surface area (Å²) in [6.07, 6.45) is 1.94. The van der Waals surface area contributed by atoms with Crippen molar-refractivity contribution in [3.8, 4) is 5.75 Å². The molecule has 11 heteroatoms. The maximum Gasteiger partial charge on any atom is 0.257 e. The van der Waals surface area contributed by atoms with Gasteiger partial charge < -0.3 is 25.1 Å². The van der Waals surface area contributed by atoms with E-state index < -0.39 is 0 Å². The van der Waals surface area contributed by atoms with Crippen LogP contribution in [0.25, 0.3) is 11.3 Å². The van der Waals surface area contributed by atoms with Gasteiger partial charge in [0.05, 0.1) is 17.8 Å². The molecule has 3 N–H and O–H groups in total. The first-order valence-corrected chi connectivity index (χ1v) is 10.3. The Balaban J connectivity index is 1.45. The van der Waals surface area contributed by atoms with E-state index in [2.05, 4.69) is 30.9 Å². The number of aromatic hydroxyl groups is 1. The van der Waals surface area contributed by atoms with E-state index in [0.717, 1.165) is 24.4 Å². The van der Waals surface area contributed by atoms with Crippen molar-refractivity contribution in [1.29, 1.82) is 0 Å². The van der Waals surface area contributed by atoms with Gasteiger partial charge in [0, 0.05) is 13.1 Å². The van der Waals surface area contributed by atoms with Gasteiger partial charge in [-0.2, -0.15) is 0 Å². The smallest absolute Gasteiger partial charge is 0.257 e. The molecule has 4 aromatic rings. The highest BCUT2D eigenvalue weighted by molar-refractivity contribution is 5.99. The van der Waals surface area contributed by atoms with Crippen molar-refractivity contribution in [2.45, 2.75) is 26.3 Å². The number of furan rings is 1. The predicted octanol–water partition coefficient (Wildman–Crippen LogP) is 3.21. The van der Waals surface area contributed by atoms with E-state index in [0.29, 0.717) is 31.1 Å². The molecule has 0 saturated carbocycles. The lowest BCUT2D eigenvalue weighted by atomic mass is 10.1. The first-order valence-electron chi connectivity index (χ1n) is 10.3. The molecule has 0 radical (unpaired) electrons. The lowest BCUT2D eigenvalue weighted by Gasteiger charge is -2.18. The van der Waals surface area contributed by atoms with Gasteiger partial charge >= 0.3 is 0 Å². The molecule has 5 rings (SSSR count).